The maximum absolute atomic E-state index is 12.5. The Morgan fingerprint density at radius 3 is 2.42 bits per heavy atom. The molecule has 2 fully saturated rings. The molecule has 1 saturated carbocycles. The molecule has 2 heterocycles. The number of nitrogens with zero attached hydrogens (tertiary/aromatic N) is 3. The molecule has 26 heavy (non-hydrogen) atoms. The summed E-state index contributed by atoms with van der Waals surface area (Å²) >= 11 is 1.83. The summed E-state index contributed by atoms with van der Waals surface area (Å²) in [4.78, 5) is 26.7. The number of likely N-dealkylation sites (tertiary alicyclic amines) is 1. The predicted molar refractivity (Wildman–Crippen MR) is 107 cm³/mol. The van der Waals surface area contributed by atoms with E-state index >= 15 is 0 Å². The third kappa shape index (κ3) is 4.70. The molecule has 0 radical (unpaired) electrons. The average molecular weight is 378 g/mol. The molecule has 3 rings (SSSR count). The molecule has 0 unspecified atom stereocenters. The first-order chi connectivity index (χ1) is 12.3. The predicted octanol–water partition coefficient (Wildman–Crippen LogP) is 3.38. The van der Waals surface area contributed by atoms with E-state index in [1.165, 1.54) is 25.7 Å². The number of carbonyl (C=O) groups is 1. The van der Waals surface area contributed by atoms with E-state index in [0.717, 1.165) is 31.6 Å². The van der Waals surface area contributed by atoms with Crippen molar-refractivity contribution in [1.29, 1.82) is 0 Å². The van der Waals surface area contributed by atoms with Gasteiger partial charge in [-0.25, -0.2) is 4.68 Å². The van der Waals surface area contributed by atoms with Crippen LogP contribution in [0, 0.1) is 0 Å². The monoisotopic (exact) mass is 377 g/mol. The van der Waals surface area contributed by atoms with E-state index in [2.05, 4.69) is 25.9 Å². The minimum atomic E-state index is -0.0798. The van der Waals surface area contributed by atoms with Crippen LogP contribution in [0.15, 0.2) is 16.9 Å². The number of hydrogen-bond donors (Lipinski definition) is 0. The van der Waals surface area contributed by atoms with Crippen LogP contribution in [0.4, 0.5) is 0 Å². The number of aromatic nitrogens is 2. The first-order valence-corrected chi connectivity index (χ1v) is 10.9. The minimum absolute atomic E-state index is 0.0421. The van der Waals surface area contributed by atoms with Gasteiger partial charge in [0.15, 0.2) is 0 Å². The van der Waals surface area contributed by atoms with Crippen LogP contribution in [-0.4, -0.2) is 44.7 Å². The Hall–Kier alpha value is -1.30. The Morgan fingerprint density at radius 2 is 1.81 bits per heavy atom. The smallest absolute Gasteiger partial charge is 0.267 e. The van der Waals surface area contributed by atoms with Crippen molar-refractivity contribution < 1.29 is 4.79 Å². The van der Waals surface area contributed by atoms with E-state index in [1.54, 1.807) is 10.7 Å². The molecule has 144 valence electrons. The van der Waals surface area contributed by atoms with Crippen LogP contribution in [0.3, 0.4) is 0 Å². The molecule has 1 amide bonds. The first kappa shape index (κ1) is 19.5. The number of rotatable bonds is 4. The van der Waals surface area contributed by atoms with Crippen molar-refractivity contribution in [2.24, 2.45) is 0 Å². The standard InChI is InChI=1S/C20H31N3O2S/c1-20(2,3)17-8-9-18(24)23(21-17)15-10-12-22(13-11-15)19(25)14-26-16-6-4-5-7-16/h8-9,15-16H,4-7,10-14H2,1-3H3. The van der Waals surface area contributed by atoms with E-state index in [0.29, 0.717) is 11.0 Å². The van der Waals surface area contributed by atoms with Crippen LogP contribution in [0.2, 0.25) is 0 Å². The first-order valence-electron chi connectivity index (χ1n) is 9.84. The molecule has 1 aliphatic heterocycles. The fourth-order valence-electron chi connectivity index (χ4n) is 3.78. The van der Waals surface area contributed by atoms with Crippen molar-refractivity contribution in [1.82, 2.24) is 14.7 Å². The second-order valence-corrected chi connectivity index (χ2v) is 9.87. The van der Waals surface area contributed by atoms with Crippen LogP contribution in [-0.2, 0) is 10.2 Å². The van der Waals surface area contributed by atoms with Crippen molar-refractivity contribution in [3.63, 3.8) is 0 Å². The normalized spacial score (nSPS) is 19.9. The lowest BCUT2D eigenvalue weighted by molar-refractivity contribution is -0.129. The SMILES string of the molecule is CC(C)(C)c1ccc(=O)n(C2CCN(C(=O)CSC3CCCC3)CC2)n1. The highest BCUT2D eigenvalue weighted by Gasteiger charge is 2.27. The summed E-state index contributed by atoms with van der Waals surface area (Å²) in [7, 11) is 0. The summed E-state index contributed by atoms with van der Waals surface area (Å²) in [6, 6.07) is 3.55. The zero-order valence-corrected chi connectivity index (χ0v) is 17.1. The highest BCUT2D eigenvalue weighted by Crippen LogP contribution is 2.30. The summed E-state index contributed by atoms with van der Waals surface area (Å²) in [6.45, 7) is 7.76. The van der Waals surface area contributed by atoms with Crippen molar-refractivity contribution in [3.05, 3.63) is 28.2 Å². The minimum Gasteiger partial charge on any atom is -0.342 e. The molecule has 1 aromatic heterocycles. The van der Waals surface area contributed by atoms with Gasteiger partial charge in [-0.1, -0.05) is 33.6 Å². The van der Waals surface area contributed by atoms with Gasteiger partial charge in [0.1, 0.15) is 0 Å². The lowest BCUT2D eigenvalue weighted by Gasteiger charge is -2.33. The molecule has 0 atom stereocenters. The van der Waals surface area contributed by atoms with Crippen LogP contribution in [0.5, 0.6) is 0 Å². The fraction of sp³-hybridized carbons (Fsp3) is 0.750. The van der Waals surface area contributed by atoms with E-state index in [-0.39, 0.29) is 22.9 Å². The van der Waals surface area contributed by atoms with E-state index in [4.69, 9.17) is 0 Å². The summed E-state index contributed by atoms with van der Waals surface area (Å²) < 4.78 is 1.65. The van der Waals surface area contributed by atoms with Gasteiger partial charge in [-0.05, 0) is 31.7 Å². The molecule has 0 aromatic carbocycles. The zero-order valence-electron chi connectivity index (χ0n) is 16.2. The number of piperidine rings is 1. The van der Waals surface area contributed by atoms with Crippen LogP contribution < -0.4 is 5.56 Å². The van der Waals surface area contributed by atoms with Crippen LogP contribution >= 0.6 is 11.8 Å². The maximum Gasteiger partial charge on any atom is 0.267 e. The van der Waals surface area contributed by atoms with E-state index < -0.39 is 0 Å². The Balaban J connectivity index is 1.56. The van der Waals surface area contributed by atoms with E-state index in [1.807, 2.05) is 22.7 Å². The third-order valence-corrected chi connectivity index (χ3v) is 6.86. The highest BCUT2D eigenvalue weighted by atomic mass is 32.2. The van der Waals surface area contributed by atoms with Crippen molar-refractivity contribution in [2.75, 3.05) is 18.8 Å². The lowest BCUT2D eigenvalue weighted by atomic mass is 9.92. The molecule has 1 aliphatic carbocycles. The quantitative estimate of drug-likeness (QED) is 0.807. The van der Waals surface area contributed by atoms with Gasteiger partial charge in [-0.15, -0.1) is 11.8 Å². The molecular weight excluding hydrogens is 346 g/mol. The Kier molecular flexibility index (Phi) is 6.10. The zero-order chi connectivity index (χ0) is 18.7. The number of amides is 1. The van der Waals surface area contributed by atoms with Gasteiger partial charge in [0.05, 0.1) is 17.5 Å². The van der Waals surface area contributed by atoms with Gasteiger partial charge in [0.2, 0.25) is 5.91 Å². The van der Waals surface area contributed by atoms with E-state index in [9.17, 15) is 9.59 Å². The largest absolute Gasteiger partial charge is 0.342 e. The Labute approximate surface area is 160 Å². The number of thioether (sulfide) groups is 1. The Bertz CT molecular complexity index is 681. The molecule has 1 aromatic rings. The molecule has 2 aliphatic rings. The number of hydrogen-bond acceptors (Lipinski definition) is 4. The van der Waals surface area contributed by atoms with Crippen molar-refractivity contribution in [3.8, 4) is 0 Å². The third-order valence-electron chi connectivity index (χ3n) is 5.50. The summed E-state index contributed by atoms with van der Waals surface area (Å²) in [5.74, 6) is 0.858. The van der Waals surface area contributed by atoms with Gasteiger partial charge < -0.3 is 4.90 Å². The molecule has 0 N–H and O–H groups in total. The maximum atomic E-state index is 12.5. The molecule has 1 saturated heterocycles. The molecule has 5 nitrogen and oxygen atoms in total. The van der Waals surface area contributed by atoms with Gasteiger partial charge in [-0.2, -0.15) is 5.10 Å². The highest BCUT2D eigenvalue weighted by molar-refractivity contribution is 8.00. The molecule has 0 bridgehead atoms. The number of carbonyl (C=O) groups excluding carboxylic acids is 1. The summed E-state index contributed by atoms with van der Waals surface area (Å²) in [6.07, 6.45) is 6.76. The van der Waals surface area contributed by atoms with Crippen LogP contribution in [0.25, 0.3) is 0 Å². The Morgan fingerprint density at radius 1 is 1.15 bits per heavy atom. The second-order valence-electron chi connectivity index (χ2n) is 8.58. The summed E-state index contributed by atoms with van der Waals surface area (Å²) in [5.41, 5.74) is 0.812. The summed E-state index contributed by atoms with van der Waals surface area (Å²) in [5, 5.41) is 5.30. The molecule has 6 heteroatoms. The second kappa shape index (κ2) is 8.15. The van der Waals surface area contributed by atoms with Crippen molar-refractivity contribution >= 4 is 17.7 Å². The lowest BCUT2D eigenvalue weighted by Crippen LogP contribution is -2.42. The van der Waals surface area contributed by atoms with Gasteiger partial charge in [0.25, 0.3) is 5.56 Å². The van der Waals surface area contributed by atoms with Gasteiger partial charge >= 0.3 is 0 Å². The molecular formula is C20H31N3O2S. The topological polar surface area (TPSA) is 55.2 Å². The van der Waals surface area contributed by atoms with Crippen molar-refractivity contribution in [2.45, 2.75) is 76.0 Å². The van der Waals surface area contributed by atoms with Gasteiger partial charge in [-0.3, -0.25) is 9.59 Å². The fourth-order valence-corrected chi connectivity index (χ4v) is 5.01. The van der Waals surface area contributed by atoms with Gasteiger partial charge in [0, 0.05) is 29.8 Å². The van der Waals surface area contributed by atoms with Crippen LogP contribution in [0.1, 0.15) is 71.0 Å². The molecule has 0 spiro atoms. The average Bonchev–Trinajstić information content (AvgIpc) is 3.13.